The van der Waals surface area contributed by atoms with Crippen molar-refractivity contribution in [2.75, 3.05) is 31.1 Å². The predicted octanol–water partition coefficient (Wildman–Crippen LogP) is 4.06. The number of aromatic nitrogens is 2. The summed E-state index contributed by atoms with van der Waals surface area (Å²) in [7, 11) is 0. The van der Waals surface area contributed by atoms with E-state index in [9.17, 15) is 4.79 Å². The molecule has 26 heavy (non-hydrogen) atoms. The SMILES string of the molecule is O=C(/C=C/c1c(Cl)nc2sccn12)N1CCN(c2ccccc2Cl)CC1. The molecule has 1 aliphatic rings. The molecule has 0 saturated carbocycles. The Morgan fingerprint density at radius 2 is 1.92 bits per heavy atom. The van der Waals surface area contributed by atoms with Crippen molar-refractivity contribution in [2.24, 2.45) is 0 Å². The molecule has 1 amide bonds. The Labute approximate surface area is 165 Å². The van der Waals surface area contributed by atoms with Crippen molar-refractivity contribution in [1.29, 1.82) is 0 Å². The first-order chi connectivity index (χ1) is 12.6. The summed E-state index contributed by atoms with van der Waals surface area (Å²) in [5, 5.41) is 3.08. The van der Waals surface area contributed by atoms with E-state index in [0.717, 1.165) is 34.5 Å². The number of anilines is 1. The number of rotatable bonds is 3. The Bertz CT molecular complexity index is 973. The highest BCUT2D eigenvalue weighted by Gasteiger charge is 2.21. The monoisotopic (exact) mass is 406 g/mol. The lowest BCUT2D eigenvalue weighted by atomic mass is 10.2. The first kappa shape index (κ1) is 17.4. The van der Waals surface area contributed by atoms with E-state index in [1.165, 1.54) is 11.3 Å². The number of nitrogens with zero attached hydrogens (tertiary/aromatic N) is 4. The standard InChI is InChI=1S/C18H16Cl2N4OS/c19-13-3-1-2-4-14(13)22-7-9-23(10-8-22)16(25)6-5-15-17(20)21-18-24(15)11-12-26-18/h1-6,11-12H,7-10H2/b6-5+. The number of para-hydroxylation sites is 1. The lowest BCUT2D eigenvalue weighted by molar-refractivity contribution is -0.126. The molecule has 0 unspecified atom stereocenters. The third kappa shape index (κ3) is 3.32. The maximum absolute atomic E-state index is 12.5. The second kappa shape index (κ2) is 7.31. The molecule has 1 aromatic carbocycles. The van der Waals surface area contributed by atoms with Gasteiger partial charge in [-0.15, -0.1) is 11.3 Å². The average molecular weight is 407 g/mol. The maximum atomic E-state index is 12.5. The zero-order valence-electron chi connectivity index (χ0n) is 13.8. The van der Waals surface area contributed by atoms with Gasteiger partial charge in [0, 0.05) is 43.8 Å². The molecule has 0 spiro atoms. The van der Waals surface area contributed by atoms with Crippen LogP contribution in [0, 0.1) is 0 Å². The summed E-state index contributed by atoms with van der Waals surface area (Å²) >= 11 is 13.9. The quantitative estimate of drug-likeness (QED) is 0.615. The lowest BCUT2D eigenvalue weighted by Gasteiger charge is -2.36. The average Bonchev–Trinajstić information content (AvgIpc) is 3.21. The van der Waals surface area contributed by atoms with Gasteiger partial charge >= 0.3 is 0 Å². The van der Waals surface area contributed by atoms with E-state index in [0.29, 0.717) is 18.2 Å². The molecule has 3 heterocycles. The van der Waals surface area contributed by atoms with Crippen LogP contribution in [0.2, 0.25) is 10.2 Å². The number of benzene rings is 1. The zero-order valence-corrected chi connectivity index (χ0v) is 16.1. The summed E-state index contributed by atoms with van der Waals surface area (Å²) in [6.45, 7) is 2.82. The number of halogens is 2. The molecule has 0 bridgehead atoms. The van der Waals surface area contributed by atoms with Crippen molar-refractivity contribution in [3.05, 3.63) is 57.8 Å². The molecule has 4 rings (SSSR count). The highest BCUT2D eigenvalue weighted by atomic mass is 35.5. The Balaban J connectivity index is 1.42. The van der Waals surface area contributed by atoms with Crippen LogP contribution in [0.4, 0.5) is 5.69 Å². The van der Waals surface area contributed by atoms with Gasteiger partial charge in [0.1, 0.15) is 0 Å². The summed E-state index contributed by atoms with van der Waals surface area (Å²) in [4.78, 5) is 21.6. The number of hydrogen-bond donors (Lipinski definition) is 0. The van der Waals surface area contributed by atoms with Crippen LogP contribution in [-0.4, -0.2) is 46.4 Å². The molecule has 3 aromatic rings. The van der Waals surface area contributed by atoms with Crippen LogP contribution in [0.25, 0.3) is 11.0 Å². The van der Waals surface area contributed by atoms with E-state index in [1.807, 2.05) is 45.1 Å². The number of thiazole rings is 1. The van der Waals surface area contributed by atoms with Gasteiger partial charge in [-0.1, -0.05) is 35.3 Å². The number of hydrogen-bond acceptors (Lipinski definition) is 4. The number of imidazole rings is 1. The second-order valence-corrected chi connectivity index (χ2v) is 7.58. The van der Waals surface area contributed by atoms with Gasteiger partial charge in [0.05, 0.1) is 16.4 Å². The van der Waals surface area contributed by atoms with Crippen LogP contribution in [0.3, 0.4) is 0 Å². The molecule has 0 radical (unpaired) electrons. The summed E-state index contributed by atoms with van der Waals surface area (Å²) in [5.74, 6) is -0.0231. The maximum Gasteiger partial charge on any atom is 0.246 e. The molecule has 134 valence electrons. The molecule has 1 saturated heterocycles. The molecule has 2 aromatic heterocycles. The summed E-state index contributed by atoms with van der Waals surface area (Å²) < 4.78 is 1.88. The topological polar surface area (TPSA) is 40.9 Å². The summed E-state index contributed by atoms with van der Waals surface area (Å²) in [6.07, 6.45) is 5.20. The smallest absolute Gasteiger partial charge is 0.246 e. The Morgan fingerprint density at radius 1 is 1.15 bits per heavy atom. The van der Waals surface area contributed by atoms with E-state index in [4.69, 9.17) is 23.2 Å². The third-order valence-electron chi connectivity index (χ3n) is 4.42. The van der Waals surface area contributed by atoms with Gasteiger partial charge in [0.25, 0.3) is 0 Å². The Morgan fingerprint density at radius 3 is 2.69 bits per heavy atom. The summed E-state index contributed by atoms with van der Waals surface area (Å²) in [6, 6.07) is 7.79. The van der Waals surface area contributed by atoms with Crippen molar-refractivity contribution in [3.8, 4) is 0 Å². The van der Waals surface area contributed by atoms with Crippen molar-refractivity contribution >= 4 is 57.2 Å². The normalized spacial score (nSPS) is 15.3. The molecular formula is C18H16Cl2N4OS. The molecular weight excluding hydrogens is 391 g/mol. The largest absolute Gasteiger partial charge is 0.367 e. The molecule has 1 aliphatic heterocycles. The van der Waals surface area contributed by atoms with Crippen LogP contribution in [0.5, 0.6) is 0 Å². The molecule has 8 heteroatoms. The number of carbonyl (C=O) groups excluding carboxylic acids is 1. The van der Waals surface area contributed by atoms with Gasteiger partial charge in [-0.2, -0.15) is 0 Å². The molecule has 1 fully saturated rings. The van der Waals surface area contributed by atoms with E-state index in [2.05, 4.69) is 9.88 Å². The van der Waals surface area contributed by atoms with Crippen LogP contribution in [0.1, 0.15) is 5.69 Å². The fourth-order valence-corrected chi connectivity index (χ4v) is 4.32. The fourth-order valence-electron chi connectivity index (χ4n) is 3.06. The molecule has 0 aliphatic carbocycles. The van der Waals surface area contributed by atoms with Gasteiger partial charge < -0.3 is 9.80 Å². The number of amides is 1. The lowest BCUT2D eigenvalue weighted by Crippen LogP contribution is -2.48. The van der Waals surface area contributed by atoms with Crippen LogP contribution < -0.4 is 4.90 Å². The van der Waals surface area contributed by atoms with Crippen molar-refractivity contribution < 1.29 is 4.79 Å². The van der Waals surface area contributed by atoms with Gasteiger partial charge in [-0.25, -0.2) is 4.98 Å². The zero-order chi connectivity index (χ0) is 18.1. The second-order valence-electron chi connectivity index (χ2n) is 5.94. The van der Waals surface area contributed by atoms with Gasteiger partial charge in [0.15, 0.2) is 10.1 Å². The molecule has 0 N–H and O–H groups in total. The van der Waals surface area contributed by atoms with E-state index < -0.39 is 0 Å². The first-order valence-corrected chi connectivity index (χ1v) is 9.84. The number of piperazine rings is 1. The number of carbonyl (C=O) groups is 1. The minimum Gasteiger partial charge on any atom is -0.367 e. The van der Waals surface area contributed by atoms with Crippen LogP contribution in [0.15, 0.2) is 41.9 Å². The van der Waals surface area contributed by atoms with E-state index in [-0.39, 0.29) is 5.91 Å². The highest BCUT2D eigenvalue weighted by molar-refractivity contribution is 7.15. The van der Waals surface area contributed by atoms with Crippen molar-refractivity contribution in [2.45, 2.75) is 0 Å². The number of fused-ring (bicyclic) bond motifs is 1. The predicted molar refractivity (Wildman–Crippen MR) is 107 cm³/mol. The van der Waals surface area contributed by atoms with Crippen molar-refractivity contribution in [3.63, 3.8) is 0 Å². The van der Waals surface area contributed by atoms with Gasteiger partial charge in [0.2, 0.25) is 5.91 Å². The van der Waals surface area contributed by atoms with Crippen molar-refractivity contribution in [1.82, 2.24) is 14.3 Å². The summed E-state index contributed by atoms with van der Waals surface area (Å²) in [5.41, 5.74) is 1.74. The third-order valence-corrected chi connectivity index (χ3v) is 5.78. The van der Waals surface area contributed by atoms with Crippen LogP contribution in [-0.2, 0) is 4.79 Å². The van der Waals surface area contributed by atoms with Gasteiger partial charge in [-0.3, -0.25) is 9.20 Å². The minimum absolute atomic E-state index is 0.0231. The Hall–Kier alpha value is -2.02. The van der Waals surface area contributed by atoms with Crippen LogP contribution >= 0.6 is 34.5 Å². The van der Waals surface area contributed by atoms with Gasteiger partial charge in [-0.05, 0) is 18.2 Å². The Kier molecular flexibility index (Phi) is 4.89. The fraction of sp³-hybridized carbons (Fsp3) is 0.222. The molecule has 5 nitrogen and oxygen atoms in total. The first-order valence-electron chi connectivity index (χ1n) is 8.21. The minimum atomic E-state index is -0.0231. The van der Waals surface area contributed by atoms with E-state index >= 15 is 0 Å². The molecule has 0 atom stereocenters. The van der Waals surface area contributed by atoms with E-state index in [1.54, 1.807) is 12.2 Å². The highest BCUT2D eigenvalue weighted by Crippen LogP contribution is 2.26.